The average Bonchev–Trinajstić information content (AvgIpc) is 1.60. The molecule has 0 bridgehead atoms. The summed E-state index contributed by atoms with van der Waals surface area (Å²) in [5.41, 5.74) is 0. The van der Waals surface area contributed by atoms with Crippen LogP contribution in [0.5, 0.6) is 0 Å². The molecule has 1 nitrogen and oxygen atoms in total. The van der Waals surface area contributed by atoms with E-state index in [1.807, 2.05) is 0 Å². The van der Waals surface area contributed by atoms with E-state index in [-0.39, 0.29) is 0 Å². The van der Waals surface area contributed by atoms with Crippen LogP contribution >= 0.6 is 0 Å². The van der Waals surface area contributed by atoms with E-state index in [4.69, 9.17) is 0 Å². The molecule has 0 saturated carbocycles. The Balaban J connectivity index is 4.20. The number of rotatable bonds is 2. The molecule has 0 spiro atoms. The van der Waals surface area contributed by atoms with Gasteiger partial charge in [0.2, 0.25) is 0 Å². The summed E-state index contributed by atoms with van der Waals surface area (Å²) in [4.78, 5) is 2.12. The van der Waals surface area contributed by atoms with Crippen molar-refractivity contribution in [1.29, 1.82) is 0 Å². The molecule has 0 rings (SSSR count). The molecule has 0 aliphatic rings. The van der Waals surface area contributed by atoms with Gasteiger partial charge in [-0.05, 0) is 13.1 Å². The Labute approximate surface area is 65.7 Å². The van der Waals surface area contributed by atoms with Crippen LogP contribution in [0.25, 0.3) is 0 Å². The van der Waals surface area contributed by atoms with Gasteiger partial charge in [-0.15, -0.1) is 0 Å². The lowest BCUT2D eigenvalue weighted by atomic mass is 10.6. The van der Waals surface area contributed by atoms with Crippen LogP contribution in [0.4, 0.5) is 0 Å². The van der Waals surface area contributed by atoms with Crippen molar-refractivity contribution in [2.75, 3.05) is 14.1 Å². The van der Waals surface area contributed by atoms with Crippen LogP contribution in [0.1, 0.15) is 6.92 Å². The van der Waals surface area contributed by atoms with E-state index in [9.17, 15) is 0 Å². The Hall–Kier alpha value is -0.243. The first-order valence-corrected chi connectivity index (χ1v) is 7.19. The van der Waals surface area contributed by atoms with Gasteiger partial charge in [0.15, 0.2) is 0 Å². The van der Waals surface area contributed by atoms with Gasteiger partial charge in [0.25, 0.3) is 0 Å². The Bertz CT molecular complexity index is 131. The maximum Gasteiger partial charge on any atom is 0.0739 e. The van der Waals surface area contributed by atoms with Gasteiger partial charge in [-0.2, -0.15) is 0 Å². The summed E-state index contributed by atoms with van der Waals surface area (Å²) in [6.45, 7) is 9.32. The Morgan fingerprint density at radius 2 is 1.60 bits per heavy atom. The van der Waals surface area contributed by atoms with Crippen molar-refractivity contribution in [3.63, 3.8) is 0 Å². The molecule has 0 aromatic heterocycles. The zero-order valence-electron chi connectivity index (χ0n) is 8.02. The smallest absolute Gasteiger partial charge is 0.0739 e. The molecule has 2 heteroatoms. The molecule has 0 N–H and O–H groups in total. The van der Waals surface area contributed by atoms with Crippen molar-refractivity contribution >= 4 is 8.07 Å². The molecule has 0 aromatic rings. The fourth-order valence-corrected chi connectivity index (χ4v) is 1.23. The summed E-state index contributed by atoms with van der Waals surface area (Å²) in [6.07, 6.45) is 2.23. The van der Waals surface area contributed by atoms with E-state index in [1.54, 1.807) is 5.20 Å². The van der Waals surface area contributed by atoms with Gasteiger partial charge < -0.3 is 4.90 Å². The van der Waals surface area contributed by atoms with Gasteiger partial charge in [0, 0.05) is 14.1 Å². The zero-order chi connectivity index (χ0) is 8.36. The van der Waals surface area contributed by atoms with Crippen molar-refractivity contribution in [2.24, 2.45) is 0 Å². The first kappa shape index (κ1) is 9.76. The predicted octanol–water partition coefficient (Wildman–Crippen LogP) is 2.33. The quantitative estimate of drug-likeness (QED) is 0.556. The van der Waals surface area contributed by atoms with Crippen LogP contribution in [0.2, 0.25) is 19.6 Å². The summed E-state index contributed by atoms with van der Waals surface area (Å²) in [5, 5.41) is 1.55. The summed E-state index contributed by atoms with van der Waals surface area (Å²) in [6, 6.07) is 0. The molecular weight excluding hydrogens is 138 g/mol. The highest BCUT2D eigenvalue weighted by molar-refractivity contribution is 6.82. The van der Waals surface area contributed by atoms with Crippen molar-refractivity contribution in [3.05, 3.63) is 11.4 Å². The molecule has 10 heavy (non-hydrogen) atoms. The van der Waals surface area contributed by atoms with Crippen molar-refractivity contribution < 1.29 is 0 Å². The lowest BCUT2D eigenvalue weighted by Crippen LogP contribution is -2.23. The summed E-state index contributed by atoms with van der Waals surface area (Å²) in [5.74, 6) is 0. The van der Waals surface area contributed by atoms with E-state index >= 15 is 0 Å². The van der Waals surface area contributed by atoms with Gasteiger partial charge in [-0.25, -0.2) is 0 Å². The number of nitrogens with zero attached hydrogens (tertiary/aromatic N) is 1. The Morgan fingerprint density at radius 1 is 1.20 bits per heavy atom. The number of hydrogen-bond donors (Lipinski definition) is 0. The van der Waals surface area contributed by atoms with Gasteiger partial charge in [0.1, 0.15) is 0 Å². The minimum atomic E-state index is -1.00. The monoisotopic (exact) mass is 157 g/mol. The molecule has 0 fully saturated rings. The standard InChI is InChI=1S/C8H19NSi/c1-8(7-9(2)3)10(4,5)6/h7H,1-6H3. The maximum atomic E-state index is 2.36. The summed E-state index contributed by atoms with van der Waals surface area (Å²) < 4.78 is 0. The molecule has 0 saturated heterocycles. The van der Waals surface area contributed by atoms with Gasteiger partial charge in [-0.1, -0.05) is 24.8 Å². The molecular formula is C8H19NSi. The van der Waals surface area contributed by atoms with E-state index in [0.29, 0.717) is 0 Å². The first-order chi connectivity index (χ1) is 4.34. The van der Waals surface area contributed by atoms with Gasteiger partial charge >= 0.3 is 0 Å². The molecule has 0 amide bonds. The molecule has 0 heterocycles. The lowest BCUT2D eigenvalue weighted by molar-refractivity contribution is 0.561. The second kappa shape index (κ2) is 3.24. The van der Waals surface area contributed by atoms with Crippen LogP contribution < -0.4 is 0 Å². The largest absolute Gasteiger partial charge is 0.384 e. The lowest BCUT2D eigenvalue weighted by Gasteiger charge is -2.19. The Morgan fingerprint density at radius 3 is 1.70 bits per heavy atom. The molecule has 0 radical (unpaired) electrons. The van der Waals surface area contributed by atoms with Gasteiger partial charge in [-0.3, -0.25) is 0 Å². The first-order valence-electron chi connectivity index (χ1n) is 3.69. The predicted molar refractivity (Wildman–Crippen MR) is 50.8 cm³/mol. The minimum Gasteiger partial charge on any atom is -0.384 e. The molecule has 0 aliphatic heterocycles. The third-order valence-electron chi connectivity index (χ3n) is 1.63. The highest BCUT2D eigenvalue weighted by Gasteiger charge is 2.14. The molecule has 0 aromatic carbocycles. The topological polar surface area (TPSA) is 3.24 Å². The molecule has 0 atom stereocenters. The summed E-state index contributed by atoms with van der Waals surface area (Å²) >= 11 is 0. The van der Waals surface area contributed by atoms with E-state index in [0.717, 1.165) is 0 Å². The molecule has 60 valence electrons. The van der Waals surface area contributed by atoms with Crippen molar-refractivity contribution in [1.82, 2.24) is 4.90 Å². The normalized spacial score (nSPS) is 13.6. The average molecular weight is 157 g/mol. The van der Waals surface area contributed by atoms with Crippen LogP contribution in [0.3, 0.4) is 0 Å². The second-order valence-corrected chi connectivity index (χ2v) is 9.31. The van der Waals surface area contributed by atoms with Gasteiger partial charge in [0.05, 0.1) is 8.07 Å². The fourth-order valence-electron chi connectivity index (χ4n) is 0.581. The Kier molecular flexibility index (Phi) is 3.16. The molecule has 0 unspecified atom stereocenters. The number of allylic oxidation sites excluding steroid dienone is 1. The SMILES string of the molecule is CC(=CN(C)C)[Si](C)(C)C. The highest BCUT2D eigenvalue weighted by atomic mass is 28.3. The van der Waals surface area contributed by atoms with Crippen LogP contribution in [-0.4, -0.2) is 27.1 Å². The minimum absolute atomic E-state index is 1.00. The summed E-state index contributed by atoms with van der Waals surface area (Å²) in [7, 11) is 3.14. The van der Waals surface area contributed by atoms with Crippen LogP contribution in [0.15, 0.2) is 11.4 Å². The van der Waals surface area contributed by atoms with Crippen molar-refractivity contribution in [2.45, 2.75) is 26.6 Å². The second-order valence-electron chi connectivity index (χ2n) is 4.03. The highest BCUT2D eigenvalue weighted by Crippen LogP contribution is 2.12. The van der Waals surface area contributed by atoms with Crippen molar-refractivity contribution in [3.8, 4) is 0 Å². The van der Waals surface area contributed by atoms with Crippen LogP contribution in [0, 0.1) is 0 Å². The molecule has 0 aliphatic carbocycles. The van der Waals surface area contributed by atoms with E-state index in [1.165, 1.54) is 0 Å². The maximum absolute atomic E-state index is 2.36. The third kappa shape index (κ3) is 3.72. The fraction of sp³-hybridized carbons (Fsp3) is 0.750. The third-order valence-corrected chi connectivity index (χ3v) is 4.13. The van der Waals surface area contributed by atoms with Crippen LogP contribution in [-0.2, 0) is 0 Å². The number of hydrogen-bond acceptors (Lipinski definition) is 1. The van der Waals surface area contributed by atoms with E-state index in [2.05, 4.69) is 51.8 Å². The zero-order valence-corrected chi connectivity index (χ0v) is 9.02. The van der Waals surface area contributed by atoms with E-state index < -0.39 is 8.07 Å².